The molecule has 0 aliphatic rings. The van der Waals surface area contributed by atoms with Crippen LogP contribution in [0.25, 0.3) is 0 Å². The third kappa shape index (κ3) is 5.58. The summed E-state index contributed by atoms with van der Waals surface area (Å²) >= 11 is 0. The molecule has 0 radical (unpaired) electrons. The SMILES string of the molecule is CCCCNc1nc(N)ncc1OCCOc1ccc(OC)c(OC)c1. The van der Waals surface area contributed by atoms with Crippen molar-refractivity contribution in [1.82, 2.24) is 9.97 Å². The van der Waals surface area contributed by atoms with Crippen molar-refractivity contribution in [2.45, 2.75) is 19.8 Å². The first-order chi connectivity index (χ1) is 12.7. The molecule has 0 saturated heterocycles. The number of nitrogens with zero attached hydrogens (tertiary/aromatic N) is 2. The van der Waals surface area contributed by atoms with E-state index < -0.39 is 0 Å². The van der Waals surface area contributed by atoms with Gasteiger partial charge in [-0.05, 0) is 18.6 Å². The molecule has 8 nitrogen and oxygen atoms in total. The van der Waals surface area contributed by atoms with Gasteiger partial charge in [0.15, 0.2) is 23.1 Å². The van der Waals surface area contributed by atoms with Crippen molar-refractivity contribution in [3.8, 4) is 23.0 Å². The molecule has 1 aromatic carbocycles. The van der Waals surface area contributed by atoms with Gasteiger partial charge in [0.1, 0.15) is 19.0 Å². The number of anilines is 2. The van der Waals surface area contributed by atoms with Crippen LogP contribution in [0, 0.1) is 0 Å². The molecule has 0 atom stereocenters. The maximum Gasteiger partial charge on any atom is 0.222 e. The fourth-order valence-electron chi connectivity index (χ4n) is 2.22. The molecule has 3 N–H and O–H groups in total. The van der Waals surface area contributed by atoms with Gasteiger partial charge in [0, 0.05) is 12.6 Å². The van der Waals surface area contributed by atoms with E-state index in [0.717, 1.165) is 19.4 Å². The molecule has 2 rings (SSSR count). The lowest BCUT2D eigenvalue weighted by Gasteiger charge is -2.13. The quantitative estimate of drug-likeness (QED) is 0.589. The first-order valence-corrected chi connectivity index (χ1v) is 8.52. The van der Waals surface area contributed by atoms with Crippen molar-refractivity contribution in [2.24, 2.45) is 0 Å². The maximum atomic E-state index is 5.72. The van der Waals surface area contributed by atoms with Crippen LogP contribution in [0.4, 0.5) is 11.8 Å². The van der Waals surface area contributed by atoms with Gasteiger partial charge in [-0.2, -0.15) is 4.98 Å². The Morgan fingerprint density at radius 2 is 1.81 bits per heavy atom. The maximum absolute atomic E-state index is 5.72. The number of aromatic nitrogens is 2. The van der Waals surface area contributed by atoms with Crippen LogP contribution < -0.4 is 30.0 Å². The number of methoxy groups -OCH3 is 2. The van der Waals surface area contributed by atoms with Gasteiger partial charge in [-0.15, -0.1) is 0 Å². The van der Waals surface area contributed by atoms with E-state index in [-0.39, 0.29) is 5.95 Å². The predicted octanol–water partition coefficient (Wildman–Crippen LogP) is 2.75. The van der Waals surface area contributed by atoms with Gasteiger partial charge in [0.25, 0.3) is 0 Å². The highest BCUT2D eigenvalue weighted by Gasteiger charge is 2.08. The van der Waals surface area contributed by atoms with Crippen LogP contribution in [0.3, 0.4) is 0 Å². The van der Waals surface area contributed by atoms with Crippen molar-refractivity contribution in [3.63, 3.8) is 0 Å². The Labute approximate surface area is 153 Å². The molecular formula is C18H26N4O4. The number of unbranched alkanes of at least 4 members (excludes halogenated alkanes) is 1. The summed E-state index contributed by atoms with van der Waals surface area (Å²) in [5.41, 5.74) is 5.65. The molecular weight excluding hydrogens is 336 g/mol. The average molecular weight is 362 g/mol. The van der Waals surface area contributed by atoms with Gasteiger partial charge in [-0.3, -0.25) is 0 Å². The minimum absolute atomic E-state index is 0.206. The van der Waals surface area contributed by atoms with Gasteiger partial charge in [0.2, 0.25) is 5.95 Å². The summed E-state index contributed by atoms with van der Waals surface area (Å²) in [5, 5.41) is 3.21. The van der Waals surface area contributed by atoms with Gasteiger partial charge in [0.05, 0.1) is 20.4 Å². The summed E-state index contributed by atoms with van der Waals surface area (Å²) in [4.78, 5) is 8.16. The molecule has 0 fully saturated rings. The second-order valence-electron chi connectivity index (χ2n) is 5.44. The van der Waals surface area contributed by atoms with Crippen LogP contribution in [-0.4, -0.2) is 43.9 Å². The summed E-state index contributed by atoms with van der Waals surface area (Å²) in [7, 11) is 3.17. The van der Waals surface area contributed by atoms with Gasteiger partial charge >= 0.3 is 0 Å². The molecule has 2 aromatic rings. The van der Waals surface area contributed by atoms with Crippen LogP contribution >= 0.6 is 0 Å². The smallest absolute Gasteiger partial charge is 0.222 e. The van der Waals surface area contributed by atoms with Gasteiger partial charge in [-0.1, -0.05) is 13.3 Å². The van der Waals surface area contributed by atoms with Gasteiger partial charge in [-0.25, -0.2) is 4.98 Å². The Hall–Kier alpha value is -2.90. The molecule has 26 heavy (non-hydrogen) atoms. The van der Waals surface area contributed by atoms with Crippen molar-refractivity contribution in [2.75, 3.05) is 45.0 Å². The van der Waals surface area contributed by atoms with Crippen molar-refractivity contribution in [3.05, 3.63) is 24.4 Å². The third-order valence-corrected chi connectivity index (χ3v) is 3.56. The zero-order valence-electron chi connectivity index (χ0n) is 15.4. The molecule has 0 bridgehead atoms. The van der Waals surface area contributed by atoms with E-state index in [2.05, 4.69) is 22.2 Å². The van der Waals surface area contributed by atoms with Crippen LogP contribution in [0.5, 0.6) is 23.0 Å². The number of rotatable bonds is 11. The average Bonchev–Trinajstić information content (AvgIpc) is 2.66. The minimum atomic E-state index is 0.206. The van der Waals surface area contributed by atoms with Gasteiger partial charge < -0.3 is 30.0 Å². The van der Waals surface area contributed by atoms with Crippen LogP contribution in [-0.2, 0) is 0 Å². The number of benzene rings is 1. The van der Waals surface area contributed by atoms with E-state index in [1.807, 2.05) is 6.07 Å². The first kappa shape index (κ1) is 19.4. The highest BCUT2D eigenvalue weighted by molar-refractivity contribution is 5.51. The lowest BCUT2D eigenvalue weighted by molar-refractivity contribution is 0.216. The van der Waals surface area contributed by atoms with E-state index in [4.69, 9.17) is 24.7 Å². The zero-order valence-corrected chi connectivity index (χ0v) is 15.4. The number of nitrogens with two attached hydrogens (primary N) is 1. The summed E-state index contributed by atoms with van der Waals surface area (Å²) in [6.45, 7) is 3.61. The lowest BCUT2D eigenvalue weighted by Crippen LogP contribution is -2.12. The number of ether oxygens (including phenoxy) is 4. The Balaban J connectivity index is 1.88. The van der Waals surface area contributed by atoms with Crippen LogP contribution in [0.2, 0.25) is 0 Å². The van der Waals surface area contributed by atoms with Crippen molar-refractivity contribution in [1.29, 1.82) is 0 Å². The highest BCUT2D eigenvalue weighted by atomic mass is 16.5. The Bertz CT molecular complexity index is 697. The summed E-state index contributed by atoms with van der Waals surface area (Å²) in [5.74, 6) is 3.28. The summed E-state index contributed by atoms with van der Waals surface area (Å²) in [6, 6.07) is 5.37. The van der Waals surface area contributed by atoms with Crippen LogP contribution in [0.1, 0.15) is 19.8 Å². The molecule has 1 heterocycles. The molecule has 0 amide bonds. The predicted molar refractivity (Wildman–Crippen MR) is 100 cm³/mol. The van der Waals surface area contributed by atoms with Crippen molar-refractivity contribution >= 4 is 11.8 Å². The fourth-order valence-corrected chi connectivity index (χ4v) is 2.22. The molecule has 1 aromatic heterocycles. The molecule has 0 aliphatic carbocycles. The number of hydrogen-bond donors (Lipinski definition) is 2. The minimum Gasteiger partial charge on any atom is -0.493 e. The van der Waals surface area contributed by atoms with E-state index in [1.165, 1.54) is 0 Å². The normalized spacial score (nSPS) is 10.3. The summed E-state index contributed by atoms with van der Waals surface area (Å²) in [6.07, 6.45) is 3.68. The second-order valence-corrected chi connectivity index (χ2v) is 5.44. The zero-order chi connectivity index (χ0) is 18.8. The third-order valence-electron chi connectivity index (χ3n) is 3.56. The molecule has 0 aliphatic heterocycles. The largest absolute Gasteiger partial charge is 0.493 e. The fraction of sp³-hybridized carbons (Fsp3) is 0.444. The molecule has 0 spiro atoms. The number of nitrogen functional groups attached to an aromatic ring is 1. The molecule has 0 saturated carbocycles. The van der Waals surface area contributed by atoms with Crippen molar-refractivity contribution < 1.29 is 18.9 Å². The lowest BCUT2D eigenvalue weighted by atomic mass is 10.3. The van der Waals surface area contributed by atoms with E-state index in [9.17, 15) is 0 Å². The Kier molecular flexibility index (Phi) is 7.60. The molecule has 142 valence electrons. The summed E-state index contributed by atoms with van der Waals surface area (Å²) < 4.78 is 21.9. The monoisotopic (exact) mass is 362 g/mol. The standard InChI is InChI=1S/C18H26N4O4/c1-4-5-8-20-17-16(12-21-18(19)22-17)26-10-9-25-13-6-7-14(23-2)15(11-13)24-3/h6-7,11-12H,4-5,8-10H2,1-3H3,(H3,19,20,21,22). The van der Waals surface area contributed by atoms with E-state index in [0.29, 0.717) is 42.0 Å². The molecule has 8 heteroatoms. The Morgan fingerprint density at radius 1 is 1.04 bits per heavy atom. The van der Waals surface area contributed by atoms with E-state index >= 15 is 0 Å². The second kappa shape index (κ2) is 10.2. The number of hydrogen-bond acceptors (Lipinski definition) is 8. The van der Waals surface area contributed by atoms with Crippen LogP contribution in [0.15, 0.2) is 24.4 Å². The highest BCUT2D eigenvalue weighted by Crippen LogP contribution is 2.30. The Morgan fingerprint density at radius 3 is 2.54 bits per heavy atom. The first-order valence-electron chi connectivity index (χ1n) is 8.52. The number of nitrogens with one attached hydrogen (secondary N) is 1. The topological polar surface area (TPSA) is 101 Å². The van der Waals surface area contributed by atoms with E-state index in [1.54, 1.807) is 32.5 Å². The molecule has 0 unspecified atom stereocenters.